The van der Waals surface area contributed by atoms with E-state index in [0.717, 1.165) is 33.2 Å². The van der Waals surface area contributed by atoms with Gasteiger partial charge < -0.3 is 10.2 Å². The highest BCUT2D eigenvalue weighted by Gasteiger charge is 2.37. The first-order valence-corrected chi connectivity index (χ1v) is 8.51. The third-order valence-corrected chi connectivity index (χ3v) is 4.83. The van der Waals surface area contributed by atoms with Gasteiger partial charge in [-0.2, -0.15) is 24.5 Å². The minimum atomic E-state index is -4.60. The van der Waals surface area contributed by atoms with Crippen LogP contribution in [0.5, 0.6) is 0 Å². The molecule has 1 atom stereocenters. The monoisotopic (exact) mass is 368 g/mol. The molecular weight excluding hydrogens is 353 g/mol. The Balaban J connectivity index is 1.67. The van der Waals surface area contributed by atoms with Crippen LogP contribution in [-0.4, -0.2) is 22.8 Å². The molecular formula is C17H15F3N2O2S. The Morgan fingerprint density at radius 2 is 1.76 bits per heavy atom. The van der Waals surface area contributed by atoms with Crippen molar-refractivity contribution >= 4 is 23.2 Å². The van der Waals surface area contributed by atoms with Gasteiger partial charge in [0.2, 0.25) is 5.91 Å². The largest absolute Gasteiger partial charge is 0.417 e. The molecule has 2 heterocycles. The number of fused-ring (bicyclic) bond motifs is 1. The molecule has 2 amide bonds. The molecule has 4 nitrogen and oxygen atoms in total. The lowest BCUT2D eigenvalue weighted by atomic mass is 10.1. The fourth-order valence-electron chi connectivity index (χ4n) is 2.79. The number of hydrogen-bond donors (Lipinski definition) is 1. The lowest BCUT2D eigenvalue weighted by molar-refractivity contribution is -0.137. The van der Waals surface area contributed by atoms with E-state index in [9.17, 15) is 22.8 Å². The summed E-state index contributed by atoms with van der Waals surface area (Å²) in [5, 5.41) is 4.40. The summed E-state index contributed by atoms with van der Waals surface area (Å²) in [4.78, 5) is 26.2. The maximum Gasteiger partial charge on any atom is 0.417 e. The molecule has 0 saturated heterocycles. The van der Waals surface area contributed by atoms with Gasteiger partial charge in [0.1, 0.15) is 6.04 Å². The summed E-state index contributed by atoms with van der Waals surface area (Å²) in [6.45, 7) is 2.34. The summed E-state index contributed by atoms with van der Waals surface area (Å²) in [5.74, 6) is -1.22. The Kier molecular flexibility index (Phi) is 4.55. The van der Waals surface area contributed by atoms with E-state index in [0.29, 0.717) is 13.1 Å². The van der Waals surface area contributed by atoms with Crippen molar-refractivity contribution in [2.24, 2.45) is 0 Å². The Bertz CT molecular complexity index is 791. The summed E-state index contributed by atoms with van der Waals surface area (Å²) in [6, 6.07) is 6.70. The number of nitrogens with zero attached hydrogens (tertiary/aromatic N) is 1. The molecule has 132 valence electrons. The van der Waals surface area contributed by atoms with Crippen LogP contribution in [0.4, 0.5) is 13.2 Å². The van der Waals surface area contributed by atoms with Gasteiger partial charge in [-0.3, -0.25) is 9.59 Å². The van der Waals surface area contributed by atoms with E-state index in [1.54, 1.807) is 4.90 Å². The first-order chi connectivity index (χ1) is 11.8. The second kappa shape index (κ2) is 6.51. The van der Waals surface area contributed by atoms with E-state index < -0.39 is 29.3 Å². The molecule has 0 saturated carbocycles. The van der Waals surface area contributed by atoms with Gasteiger partial charge in [0.05, 0.1) is 11.1 Å². The molecule has 0 bridgehead atoms. The average Bonchev–Trinajstić information content (AvgIpc) is 3.20. The van der Waals surface area contributed by atoms with Gasteiger partial charge in [-0.1, -0.05) is 24.3 Å². The van der Waals surface area contributed by atoms with Gasteiger partial charge in [0.15, 0.2) is 0 Å². The van der Waals surface area contributed by atoms with Crippen LogP contribution >= 0.6 is 11.3 Å². The van der Waals surface area contributed by atoms with Gasteiger partial charge in [0, 0.05) is 23.8 Å². The van der Waals surface area contributed by atoms with Gasteiger partial charge >= 0.3 is 6.18 Å². The third-order valence-electron chi connectivity index (χ3n) is 4.08. The number of benzene rings is 1. The van der Waals surface area contributed by atoms with Crippen LogP contribution in [0.15, 0.2) is 35.0 Å². The van der Waals surface area contributed by atoms with Crippen molar-refractivity contribution in [3.05, 3.63) is 57.3 Å². The first-order valence-electron chi connectivity index (χ1n) is 7.57. The minimum Gasteiger partial charge on any atom is -0.340 e. The Morgan fingerprint density at radius 3 is 2.32 bits per heavy atom. The smallest absolute Gasteiger partial charge is 0.340 e. The van der Waals surface area contributed by atoms with Crippen LogP contribution in [0.25, 0.3) is 0 Å². The number of amides is 2. The van der Waals surface area contributed by atoms with Crippen LogP contribution in [0, 0.1) is 0 Å². The Morgan fingerprint density at radius 1 is 1.16 bits per heavy atom. The van der Waals surface area contributed by atoms with E-state index in [1.807, 2.05) is 24.3 Å². The number of thiophene rings is 1. The number of carbonyl (C=O) groups is 2. The molecule has 3 rings (SSSR count). The summed E-state index contributed by atoms with van der Waals surface area (Å²) >= 11 is 0.798. The standard InChI is InChI=1S/C17H15F3N2O2S/c1-10(16(24)22-6-11-4-2-3-5-12(11)7-22)21-15(23)13-8-25-9-14(13)17(18,19)20/h2-5,8-10H,6-7H2,1H3,(H,21,23)/t10-/m0/s1. The van der Waals surface area contributed by atoms with E-state index in [1.165, 1.54) is 6.92 Å². The predicted octanol–water partition coefficient (Wildman–Crippen LogP) is 3.43. The molecule has 0 aliphatic carbocycles. The zero-order valence-electron chi connectivity index (χ0n) is 13.3. The van der Waals surface area contributed by atoms with Crippen LogP contribution in [-0.2, 0) is 24.1 Å². The third kappa shape index (κ3) is 3.53. The molecule has 1 aliphatic heterocycles. The quantitative estimate of drug-likeness (QED) is 0.902. The van der Waals surface area contributed by atoms with Crippen molar-refractivity contribution in [1.29, 1.82) is 0 Å². The van der Waals surface area contributed by atoms with Gasteiger partial charge in [0.25, 0.3) is 5.91 Å². The van der Waals surface area contributed by atoms with Gasteiger partial charge in [-0.15, -0.1) is 0 Å². The molecule has 0 radical (unpaired) electrons. The zero-order valence-corrected chi connectivity index (χ0v) is 14.1. The van der Waals surface area contributed by atoms with E-state index in [-0.39, 0.29) is 5.91 Å². The van der Waals surface area contributed by atoms with Crippen LogP contribution < -0.4 is 5.32 Å². The molecule has 0 fully saturated rings. The lowest BCUT2D eigenvalue weighted by Crippen LogP contribution is -2.45. The van der Waals surface area contributed by atoms with E-state index >= 15 is 0 Å². The minimum absolute atomic E-state index is 0.326. The SMILES string of the molecule is C[C@H](NC(=O)c1cscc1C(F)(F)F)C(=O)N1Cc2ccccc2C1. The van der Waals surface area contributed by atoms with E-state index in [4.69, 9.17) is 0 Å². The molecule has 0 unspecified atom stereocenters. The molecule has 2 aromatic rings. The predicted molar refractivity (Wildman–Crippen MR) is 86.9 cm³/mol. The number of carbonyl (C=O) groups excluding carboxylic acids is 2. The topological polar surface area (TPSA) is 49.4 Å². The summed E-state index contributed by atoms with van der Waals surface area (Å²) in [6.07, 6.45) is -4.60. The van der Waals surface area contributed by atoms with Crippen molar-refractivity contribution in [1.82, 2.24) is 10.2 Å². The van der Waals surface area contributed by atoms with Gasteiger partial charge in [-0.25, -0.2) is 0 Å². The summed E-state index contributed by atoms with van der Waals surface area (Å²) < 4.78 is 38.7. The highest BCUT2D eigenvalue weighted by molar-refractivity contribution is 7.08. The maximum atomic E-state index is 12.9. The molecule has 1 aliphatic rings. The fourth-order valence-corrected chi connectivity index (χ4v) is 3.63. The number of halogens is 3. The summed E-state index contributed by atoms with van der Waals surface area (Å²) in [7, 11) is 0. The number of alkyl halides is 3. The van der Waals surface area contributed by atoms with Crippen LogP contribution in [0.2, 0.25) is 0 Å². The van der Waals surface area contributed by atoms with Crippen LogP contribution in [0.3, 0.4) is 0 Å². The molecule has 1 N–H and O–H groups in total. The second-order valence-corrected chi connectivity index (χ2v) is 6.60. The number of hydrogen-bond acceptors (Lipinski definition) is 3. The molecule has 8 heteroatoms. The Labute approximate surface area is 146 Å². The van der Waals surface area contributed by atoms with E-state index in [2.05, 4.69) is 5.32 Å². The van der Waals surface area contributed by atoms with Crippen molar-refractivity contribution < 1.29 is 22.8 Å². The highest BCUT2D eigenvalue weighted by Crippen LogP contribution is 2.34. The molecule has 25 heavy (non-hydrogen) atoms. The van der Waals surface area contributed by atoms with Crippen molar-refractivity contribution in [2.75, 3.05) is 0 Å². The molecule has 0 spiro atoms. The van der Waals surface area contributed by atoms with Crippen molar-refractivity contribution in [3.63, 3.8) is 0 Å². The van der Waals surface area contributed by atoms with Crippen LogP contribution in [0.1, 0.15) is 34.0 Å². The average molecular weight is 368 g/mol. The van der Waals surface area contributed by atoms with Crippen molar-refractivity contribution in [3.8, 4) is 0 Å². The highest BCUT2D eigenvalue weighted by atomic mass is 32.1. The second-order valence-electron chi connectivity index (χ2n) is 5.86. The molecule has 1 aromatic carbocycles. The normalized spacial score (nSPS) is 15.0. The summed E-state index contributed by atoms with van der Waals surface area (Å²) in [5.41, 5.74) is 0.628. The number of rotatable bonds is 3. The number of nitrogens with one attached hydrogen (secondary N) is 1. The first kappa shape index (κ1) is 17.5. The molecule has 1 aromatic heterocycles. The Hall–Kier alpha value is -2.35. The maximum absolute atomic E-state index is 12.9. The lowest BCUT2D eigenvalue weighted by Gasteiger charge is -2.21. The zero-order chi connectivity index (χ0) is 18.2. The fraction of sp³-hybridized carbons (Fsp3) is 0.294. The van der Waals surface area contributed by atoms with Gasteiger partial charge in [-0.05, 0) is 18.1 Å². The van der Waals surface area contributed by atoms with Crippen molar-refractivity contribution in [2.45, 2.75) is 32.2 Å².